The Morgan fingerprint density at radius 3 is 2.11 bits per heavy atom. The smallest absolute Gasteiger partial charge is 0.258 e. The van der Waals surface area contributed by atoms with Crippen LogP contribution in [0.15, 0.2) is 48.8 Å². The molecule has 2 N–H and O–H groups in total. The van der Waals surface area contributed by atoms with Crippen LogP contribution in [0.4, 0.5) is 17.3 Å². The lowest BCUT2D eigenvalue weighted by molar-refractivity contribution is 0.102. The number of aryl methyl sites for hydroxylation is 4. The number of hydrogen-bond acceptors (Lipinski definition) is 4. The highest BCUT2D eigenvalue weighted by Gasteiger charge is 2.10. The van der Waals surface area contributed by atoms with Gasteiger partial charge in [-0.2, -0.15) is 0 Å². The van der Waals surface area contributed by atoms with Crippen LogP contribution in [-0.2, 0) is 6.42 Å². The fourth-order valence-corrected chi connectivity index (χ4v) is 3.03. The van der Waals surface area contributed by atoms with Crippen LogP contribution in [-0.4, -0.2) is 15.9 Å². The van der Waals surface area contributed by atoms with E-state index >= 15 is 0 Å². The van der Waals surface area contributed by atoms with E-state index in [-0.39, 0.29) is 5.91 Å². The minimum Gasteiger partial charge on any atom is -0.324 e. The van der Waals surface area contributed by atoms with Crippen molar-refractivity contribution in [3.05, 3.63) is 76.6 Å². The average molecular weight is 360 g/mol. The van der Waals surface area contributed by atoms with Gasteiger partial charge in [0.1, 0.15) is 0 Å². The molecule has 0 aliphatic heterocycles. The van der Waals surface area contributed by atoms with Crippen molar-refractivity contribution in [1.29, 1.82) is 0 Å². The van der Waals surface area contributed by atoms with Gasteiger partial charge >= 0.3 is 0 Å². The molecule has 0 saturated carbocycles. The Morgan fingerprint density at radius 2 is 1.56 bits per heavy atom. The fraction of sp³-hybridized carbons (Fsp3) is 0.227. The topological polar surface area (TPSA) is 66.9 Å². The molecule has 2 aromatic carbocycles. The van der Waals surface area contributed by atoms with Gasteiger partial charge in [-0.15, -0.1) is 0 Å². The summed E-state index contributed by atoms with van der Waals surface area (Å²) in [6.07, 6.45) is 4.03. The van der Waals surface area contributed by atoms with Crippen LogP contribution in [0, 0.1) is 20.8 Å². The van der Waals surface area contributed by atoms with E-state index in [1.165, 1.54) is 23.5 Å². The predicted octanol–water partition coefficient (Wildman–Crippen LogP) is 4.96. The zero-order chi connectivity index (χ0) is 19.4. The average Bonchev–Trinajstić information content (AvgIpc) is 2.65. The lowest BCUT2D eigenvalue weighted by Gasteiger charge is -2.12. The minimum absolute atomic E-state index is 0.228. The molecule has 27 heavy (non-hydrogen) atoms. The molecule has 0 unspecified atom stereocenters. The van der Waals surface area contributed by atoms with Crippen molar-refractivity contribution in [2.45, 2.75) is 34.1 Å². The van der Waals surface area contributed by atoms with Crippen LogP contribution < -0.4 is 10.6 Å². The first-order valence-electron chi connectivity index (χ1n) is 9.03. The first-order valence-corrected chi connectivity index (χ1v) is 9.03. The van der Waals surface area contributed by atoms with Gasteiger partial charge in [0.25, 0.3) is 5.91 Å². The Bertz CT molecular complexity index is 924. The van der Waals surface area contributed by atoms with E-state index in [4.69, 9.17) is 0 Å². The number of benzene rings is 2. The van der Waals surface area contributed by atoms with E-state index in [2.05, 4.69) is 46.6 Å². The van der Waals surface area contributed by atoms with Crippen LogP contribution in [0.5, 0.6) is 0 Å². The molecule has 0 atom stereocenters. The molecule has 0 bridgehead atoms. The molecule has 5 nitrogen and oxygen atoms in total. The van der Waals surface area contributed by atoms with Crippen molar-refractivity contribution >= 4 is 23.2 Å². The summed E-state index contributed by atoms with van der Waals surface area (Å²) in [7, 11) is 0. The monoisotopic (exact) mass is 360 g/mol. The van der Waals surface area contributed by atoms with E-state index < -0.39 is 0 Å². The molecular formula is C22H24N4O. The van der Waals surface area contributed by atoms with Gasteiger partial charge in [0.05, 0.1) is 5.56 Å². The van der Waals surface area contributed by atoms with Gasteiger partial charge in [-0.05, 0) is 56.0 Å². The number of anilines is 3. The predicted molar refractivity (Wildman–Crippen MR) is 110 cm³/mol. The van der Waals surface area contributed by atoms with E-state index in [1.807, 2.05) is 38.1 Å². The van der Waals surface area contributed by atoms with Crippen LogP contribution in [0.1, 0.15) is 39.5 Å². The molecule has 0 saturated heterocycles. The zero-order valence-electron chi connectivity index (χ0n) is 16.1. The fourth-order valence-electron chi connectivity index (χ4n) is 3.03. The molecule has 1 aromatic heterocycles. The van der Waals surface area contributed by atoms with Crippen LogP contribution in [0.25, 0.3) is 0 Å². The van der Waals surface area contributed by atoms with Crippen molar-refractivity contribution in [3.8, 4) is 0 Å². The molecule has 1 amide bonds. The van der Waals surface area contributed by atoms with Crippen molar-refractivity contribution in [2.75, 3.05) is 10.6 Å². The highest BCUT2D eigenvalue weighted by atomic mass is 16.1. The summed E-state index contributed by atoms with van der Waals surface area (Å²) in [6.45, 7) is 8.27. The second-order valence-electron chi connectivity index (χ2n) is 6.70. The third-order valence-electron chi connectivity index (χ3n) is 4.45. The Labute approximate surface area is 159 Å². The van der Waals surface area contributed by atoms with Gasteiger partial charge in [0, 0.05) is 23.8 Å². The van der Waals surface area contributed by atoms with Gasteiger partial charge in [0.15, 0.2) is 0 Å². The quantitative estimate of drug-likeness (QED) is 0.675. The molecule has 0 radical (unpaired) electrons. The second kappa shape index (κ2) is 7.99. The highest BCUT2D eigenvalue weighted by molar-refractivity contribution is 6.03. The molecule has 0 fully saturated rings. The third kappa shape index (κ3) is 4.50. The standard InChI is InChI=1S/C22H24N4O/c1-5-17-6-8-19(9-7-17)25-21(27)18-12-23-22(24-13-18)26-20-15(3)10-14(2)11-16(20)4/h6-13H,5H2,1-4H3,(H,25,27)(H,23,24,26). The summed E-state index contributed by atoms with van der Waals surface area (Å²) < 4.78 is 0. The van der Waals surface area contributed by atoms with Crippen LogP contribution in [0.2, 0.25) is 0 Å². The third-order valence-corrected chi connectivity index (χ3v) is 4.45. The Balaban J connectivity index is 1.70. The first kappa shape index (κ1) is 18.6. The van der Waals surface area contributed by atoms with E-state index in [0.29, 0.717) is 11.5 Å². The summed E-state index contributed by atoms with van der Waals surface area (Å²) in [6, 6.07) is 12.0. The van der Waals surface area contributed by atoms with Crippen LogP contribution in [0.3, 0.4) is 0 Å². The van der Waals surface area contributed by atoms with Gasteiger partial charge < -0.3 is 10.6 Å². The van der Waals surface area contributed by atoms with Crippen LogP contribution >= 0.6 is 0 Å². The lowest BCUT2D eigenvalue weighted by atomic mass is 10.1. The summed E-state index contributed by atoms with van der Waals surface area (Å²) >= 11 is 0. The molecule has 0 spiro atoms. The number of nitrogens with zero attached hydrogens (tertiary/aromatic N) is 2. The SMILES string of the molecule is CCc1ccc(NC(=O)c2cnc(Nc3c(C)cc(C)cc3C)nc2)cc1. The van der Waals surface area contributed by atoms with Gasteiger partial charge in [0.2, 0.25) is 5.95 Å². The lowest BCUT2D eigenvalue weighted by Crippen LogP contribution is -2.13. The van der Waals surface area contributed by atoms with Crippen molar-refractivity contribution < 1.29 is 4.79 Å². The number of nitrogens with one attached hydrogen (secondary N) is 2. The number of rotatable bonds is 5. The Kier molecular flexibility index (Phi) is 5.50. The zero-order valence-corrected chi connectivity index (χ0v) is 16.1. The van der Waals surface area contributed by atoms with E-state index in [1.54, 1.807) is 0 Å². The first-order chi connectivity index (χ1) is 13.0. The minimum atomic E-state index is -0.228. The van der Waals surface area contributed by atoms with Crippen molar-refractivity contribution in [2.24, 2.45) is 0 Å². The molecule has 5 heteroatoms. The highest BCUT2D eigenvalue weighted by Crippen LogP contribution is 2.24. The molecule has 1 heterocycles. The largest absolute Gasteiger partial charge is 0.324 e. The van der Waals surface area contributed by atoms with E-state index in [9.17, 15) is 4.79 Å². The number of carbonyl (C=O) groups excluding carboxylic acids is 1. The second-order valence-corrected chi connectivity index (χ2v) is 6.70. The van der Waals surface area contributed by atoms with Crippen molar-refractivity contribution in [3.63, 3.8) is 0 Å². The maximum atomic E-state index is 12.4. The molecular weight excluding hydrogens is 336 g/mol. The van der Waals surface area contributed by atoms with Gasteiger partial charge in [-0.3, -0.25) is 4.79 Å². The number of aromatic nitrogens is 2. The number of amides is 1. The normalized spacial score (nSPS) is 10.5. The maximum absolute atomic E-state index is 12.4. The molecule has 3 aromatic rings. The summed E-state index contributed by atoms with van der Waals surface area (Å²) in [5, 5.41) is 6.11. The summed E-state index contributed by atoms with van der Waals surface area (Å²) in [5.41, 5.74) is 6.88. The maximum Gasteiger partial charge on any atom is 0.258 e. The number of carbonyl (C=O) groups is 1. The van der Waals surface area contributed by atoms with Gasteiger partial charge in [-0.1, -0.05) is 36.8 Å². The number of hydrogen-bond donors (Lipinski definition) is 2. The van der Waals surface area contributed by atoms with E-state index in [0.717, 1.165) is 28.9 Å². The Morgan fingerprint density at radius 1 is 0.963 bits per heavy atom. The van der Waals surface area contributed by atoms with Gasteiger partial charge in [-0.25, -0.2) is 9.97 Å². The van der Waals surface area contributed by atoms with Crippen molar-refractivity contribution in [1.82, 2.24) is 9.97 Å². The Hall–Kier alpha value is -3.21. The summed E-state index contributed by atoms with van der Waals surface area (Å²) in [5.74, 6) is 0.238. The molecule has 0 aliphatic rings. The molecule has 0 aliphatic carbocycles. The molecule has 3 rings (SSSR count). The summed E-state index contributed by atoms with van der Waals surface area (Å²) in [4.78, 5) is 20.9. The molecule has 138 valence electrons.